The Bertz CT molecular complexity index is 3250. The minimum atomic E-state index is -0.247. The zero-order valence-corrected chi connectivity index (χ0v) is 30.9. The summed E-state index contributed by atoms with van der Waals surface area (Å²) >= 11 is 0. The van der Waals surface area contributed by atoms with Gasteiger partial charge in [0.25, 0.3) is 0 Å². The summed E-state index contributed by atoms with van der Waals surface area (Å²) in [6, 6.07) is 53.6. The molecule has 0 amide bonds. The number of hydrogen-bond acceptors (Lipinski definition) is 5. The molecule has 0 bridgehead atoms. The van der Waals surface area contributed by atoms with E-state index in [4.69, 9.17) is 13.8 Å². The van der Waals surface area contributed by atoms with Crippen LogP contribution in [0.25, 0.3) is 82.5 Å². The lowest BCUT2D eigenvalue weighted by atomic mass is 9.96. The number of nitrogens with one attached hydrogen (secondary N) is 2. The molecule has 6 nitrogen and oxygen atoms in total. The smallest absolute Gasteiger partial charge is 0.137 e. The van der Waals surface area contributed by atoms with Crippen molar-refractivity contribution in [1.82, 2.24) is 15.2 Å². The third-order valence-electron chi connectivity index (χ3n) is 11.8. The number of para-hydroxylation sites is 2. The highest BCUT2D eigenvalue weighted by Crippen LogP contribution is 2.42. The van der Waals surface area contributed by atoms with E-state index in [1.807, 2.05) is 0 Å². The van der Waals surface area contributed by atoms with Crippen molar-refractivity contribution in [2.75, 3.05) is 0 Å². The summed E-state index contributed by atoms with van der Waals surface area (Å²) in [5.41, 5.74) is 11.3. The number of allylic oxidation sites excluding steroid dienone is 3. The molecule has 1 aliphatic carbocycles. The highest BCUT2D eigenvalue weighted by atomic mass is 16.3. The average molecular weight is 737 g/mol. The highest BCUT2D eigenvalue weighted by molar-refractivity contribution is 6.16. The summed E-state index contributed by atoms with van der Waals surface area (Å²) in [6.45, 7) is 0. The molecular weight excluding hydrogens is 701 g/mol. The van der Waals surface area contributed by atoms with Crippen molar-refractivity contribution in [3.63, 3.8) is 0 Å². The molecule has 4 heterocycles. The molecule has 12 rings (SSSR count). The minimum absolute atomic E-state index is 0.0821. The third kappa shape index (κ3) is 5.11. The molecule has 2 aliphatic rings. The fourth-order valence-electron chi connectivity index (χ4n) is 9.14. The summed E-state index contributed by atoms with van der Waals surface area (Å²) in [5, 5.41) is 14.3. The Morgan fingerprint density at radius 2 is 1.32 bits per heavy atom. The van der Waals surface area contributed by atoms with Crippen molar-refractivity contribution < 1.29 is 8.83 Å². The molecule has 2 N–H and O–H groups in total. The molecule has 6 heteroatoms. The Morgan fingerprint density at radius 3 is 2.12 bits per heavy atom. The molecule has 0 saturated carbocycles. The Morgan fingerprint density at radius 1 is 0.561 bits per heavy atom. The first-order valence-electron chi connectivity index (χ1n) is 19.6. The zero-order valence-electron chi connectivity index (χ0n) is 30.9. The van der Waals surface area contributed by atoms with Gasteiger partial charge >= 0.3 is 0 Å². The van der Waals surface area contributed by atoms with Crippen LogP contribution >= 0.6 is 0 Å². The molecule has 57 heavy (non-hydrogen) atoms. The van der Waals surface area contributed by atoms with Gasteiger partial charge in [-0.1, -0.05) is 121 Å². The largest absolute Gasteiger partial charge is 0.456 e. The summed E-state index contributed by atoms with van der Waals surface area (Å²) in [6.07, 6.45) is 9.26. The van der Waals surface area contributed by atoms with Crippen LogP contribution in [0.5, 0.6) is 0 Å². The fourth-order valence-corrected chi connectivity index (χ4v) is 9.14. The number of rotatable bonds is 5. The lowest BCUT2D eigenvalue weighted by Gasteiger charge is -2.34. The van der Waals surface area contributed by atoms with E-state index in [0.717, 1.165) is 78.5 Å². The lowest BCUT2D eigenvalue weighted by Crippen LogP contribution is -2.47. The van der Waals surface area contributed by atoms with E-state index in [1.165, 1.54) is 27.4 Å². The summed E-state index contributed by atoms with van der Waals surface area (Å²) < 4.78 is 15.6. The van der Waals surface area contributed by atoms with Crippen molar-refractivity contribution in [2.45, 2.75) is 18.8 Å². The van der Waals surface area contributed by atoms with Crippen LogP contribution in [0.4, 0.5) is 0 Å². The number of aliphatic imine (C=N–C) groups is 1. The molecule has 3 atom stereocenters. The Kier molecular flexibility index (Phi) is 7.16. The summed E-state index contributed by atoms with van der Waals surface area (Å²) in [7, 11) is 0. The van der Waals surface area contributed by atoms with Gasteiger partial charge < -0.3 is 18.7 Å². The van der Waals surface area contributed by atoms with Crippen LogP contribution in [0.1, 0.15) is 29.9 Å². The first kappa shape index (κ1) is 32.1. The molecule has 3 aromatic heterocycles. The Balaban J connectivity index is 0.985. The maximum Gasteiger partial charge on any atom is 0.137 e. The van der Waals surface area contributed by atoms with Crippen molar-refractivity contribution in [3.8, 4) is 16.8 Å². The molecule has 3 unspecified atom stereocenters. The SMILES string of the molecule is C1=CCC(C2=NC(c3ccc4oc5cccc(-c6ccc7c(c6)oc6cccc(-n8c9ccccc9c9ccccc98)c67)c5c4c3)NC(c3ccccc3)N2)C=C1. The molecule has 1 aliphatic heterocycles. The number of fused-ring (bicyclic) bond motifs is 9. The number of hydrogen-bond donors (Lipinski definition) is 2. The molecule has 0 radical (unpaired) electrons. The Hall–Kier alpha value is -7.15. The van der Waals surface area contributed by atoms with E-state index in [-0.39, 0.29) is 18.2 Å². The van der Waals surface area contributed by atoms with Gasteiger partial charge in [0.1, 0.15) is 40.5 Å². The normalized spacial score (nSPS) is 18.3. The predicted octanol–water partition coefficient (Wildman–Crippen LogP) is 12.7. The van der Waals surface area contributed by atoms with E-state index in [2.05, 4.69) is 191 Å². The zero-order chi connectivity index (χ0) is 37.5. The van der Waals surface area contributed by atoms with Crippen LogP contribution in [-0.4, -0.2) is 10.4 Å². The second kappa shape index (κ2) is 12.7. The van der Waals surface area contributed by atoms with Gasteiger partial charge in [0.15, 0.2) is 0 Å². The topological polar surface area (TPSA) is 67.6 Å². The summed E-state index contributed by atoms with van der Waals surface area (Å²) in [5.74, 6) is 1.19. The van der Waals surface area contributed by atoms with Crippen LogP contribution in [0.2, 0.25) is 0 Å². The van der Waals surface area contributed by atoms with Gasteiger partial charge in [0.05, 0.1) is 22.1 Å². The van der Waals surface area contributed by atoms with Gasteiger partial charge in [-0.25, -0.2) is 4.99 Å². The quantitative estimate of drug-likeness (QED) is 0.185. The number of amidine groups is 1. The van der Waals surface area contributed by atoms with Gasteiger partial charge in [-0.2, -0.15) is 0 Å². The van der Waals surface area contributed by atoms with Gasteiger partial charge in [-0.15, -0.1) is 0 Å². The van der Waals surface area contributed by atoms with Crippen LogP contribution in [0.15, 0.2) is 190 Å². The third-order valence-corrected chi connectivity index (χ3v) is 11.8. The van der Waals surface area contributed by atoms with Crippen LogP contribution in [0.3, 0.4) is 0 Å². The lowest BCUT2D eigenvalue weighted by molar-refractivity contribution is 0.399. The Labute approximate surface area is 328 Å². The monoisotopic (exact) mass is 736 g/mol. The first-order chi connectivity index (χ1) is 28.2. The molecule has 0 spiro atoms. The summed E-state index contributed by atoms with van der Waals surface area (Å²) in [4.78, 5) is 5.28. The van der Waals surface area contributed by atoms with Crippen molar-refractivity contribution in [1.29, 1.82) is 0 Å². The number of benzene rings is 7. The molecule has 7 aromatic carbocycles. The number of furan rings is 2. The van der Waals surface area contributed by atoms with Crippen LogP contribution in [-0.2, 0) is 0 Å². The van der Waals surface area contributed by atoms with E-state index in [9.17, 15) is 0 Å². The van der Waals surface area contributed by atoms with E-state index in [0.29, 0.717) is 0 Å². The maximum absolute atomic E-state index is 6.69. The molecule has 272 valence electrons. The number of nitrogens with zero attached hydrogens (tertiary/aromatic N) is 2. The van der Waals surface area contributed by atoms with Crippen LogP contribution in [0, 0.1) is 5.92 Å². The van der Waals surface area contributed by atoms with E-state index >= 15 is 0 Å². The van der Waals surface area contributed by atoms with E-state index in [1.54, 1.807) is 0 Å². The molecule has 10 aromatic rings. The highest BCUT2D eigenvalue weighted by Gasteiger charge is 2.28. The predicted molar refractivity (Wildman–Crippen MR) is 233 cm³/mol. The average Bonchev–Trinajstić information content (AvgIpc) is 3.96. The van der Waals surface area contributed by atoms with Gasteiger partial charge in [-0.3, -0.25) is 5.32 Å². The first-order valence-corrected chi connectivity index (χ1v) is 19.6. The second-order valence-corrected chi connectivity index (χ2v) is 15.1. The van der Waals surface area contributed by atoms with Gasteiger partial charge in [0.2, 0.25) is 0 Å². The van der Waals surface area contributed by atoms with Crippen LogP contribution < -0.4 is 10.6 Å². The van der Waals surface area contributed by atoms with Gasteiger partial charge in [-0.05, 0) is 83.3 Å². The second-order valence-electron chi connectivity index (χ2n) is 15.1. The maximum atomic E-state index is 6.69. The van der Waals surface area contributed by atoms with Gasteiger partial charge in [0, 0.05) is 32.8 Å². The van der Waals surface area contributed by atoms with Crippen molar-refractivity contribution in [2.24, 2.45) is 10.9 Å². The number of aromatic nitrogens is 1. The van der Waals surface area contributed by atoms with Crippen molar-refractivity contribution >= 4 is 71.5 Å². The van der Waals surface area contributed by atoms with Crippen molar-refractivity contribution in [3.05, 3.63) is 187 Å². The van der Waals surface area contributed by atoms with E-state index < -0.39 is 0 Å². The standard InChI is InChI=1S/C51H36N4O2/c1-3-13-31(14-4-1)49-52-50(32-15-5-2-6-16-32)54-51(53-49)34-26-28-43-39(29-34)47-35(19-11-23-44(47)56-43)33-25-27-38-46(30-33)57-45-24-12-22-42(48(38)45)55-40-20-9-7-17-36(40)37-18-8-10-21-41(37)55/h1-15,17-30,32,49,51,53H,16H2,(H,52,54). The fraction of sp³-hybridized carbons (Fsp3) is 0.0784. The minimum Gasteiger partial charge on any atom is -0.456 e. The molecule has 0 fully saturated rings. The molecule has 0 saturated heterocycles. The molecular formula is C51H36N4O2.